The van der Waals surface area contributed by atoms with Crippen LogP contribution in [-0.2, 0) is 11.8 Å². The Balaban J connectivity index is 3.13. The quantitative estimate of drug-likeness (QED) is 0.550. The molecule has 0 amide bonds. The van der Waals surface area contributed by atoms with Gasteiger partial charge in [-0.3, -0.25) is 10.1 Å². The third-order valence-electron chi connectivity index (χ3n) is 2.58. The van der Waals surface area contributed by atoms with Gasteiger partial charge in [-0.1, -0.05) is 0 Å². The lowest BCUT2D eigenvalue weighted by Gasteiger charge is -2.22. The summed E-state index contributed by atoms with van der Waals surface area (Å²) in [6.45, 7) is 2.67. The number of anilines is 1. The zero-order valence-corrected chi connectivity index (χ0v) is 10.8. The van der Waals surface area contributed by atoms with E-state index in [1.165, 1.54) is 4.68 Å². The number of methoxy groups -OCH3 is 1. The van der Waals surface area contributed by atoms with Crippen molar-refractivity contribution < 1.29 is 14.8 Å². The Morgan fingerprint density at radius 2 is 2.22 bits per heavy atom. The summed E-state index contributed by atoms with van der Waals surface area (Å²) in [5, 5.41) is 24.2. The Hall–Kier alpha value is -1.67. The highest BCUT2D eigenvalue weighted by Crippen LogP contribution is 2.30. The van der Waals surface area contributed by atoms with Crippen LogP contribution in [0.2, 0.25) is 0 Å². The first kappa shape index (κ1) is 14.4. The maximum Gasteiger partial charge on any atom is 0.333 e. The number of ether oxygens (including phenoxy) is 1. The standard InChI is InChI=1S/C10H18N4O4/c1-8-9(14(16)17)10(12(2)11-8)13(4-6-15)5-7-18-3/h15H,4-7H2,1-3H3. The van der Waals surface area contributed by atoms with Crippen molar-refractivity contribution in [2.24, 2.45) is 7.05 Å². The predicted molar refractivity (Wildman–Crippen MR) is 65.8 cm³/mol. The second kappa shape index (κ2) is 6.31. The molecule has 0 aliphatic heterocycles. The van der Waals surface area contributed by atoms with Gasteiger partial charge in [0, 0.05) is 27.2 Å². The highest BCUT2D eigenvalue weighted by molar-refractivity contribution is 5.61. The smallest absolute Gasteiger partial charge is 0.333 e. The molecular weight excluding hydrogens is 240 g/mol. The minimum Gasteiger partial charge on any atom is -0.395 e. The van der Waals surface area contributed by atoms with Gasteiger partial charge in [-0.2, -0.15) is 5.10 Å². The van der Waals surface area contributed by atoms with Crippen molar-refractivity contribution in [3.05, 3.63) is 15.8 Å². The molecule has 1 heterocycles. The third kappa shape index (κ3) is 2.96. The van der Waals surface area contributed by atoms with E-state index in [1.54, 1.807) is 26.0 Å². The van der Waals surface area contributed by atoms with Crippen molar-refractivity contribution in [3.63, 3.8) is 0 Å². The minimum absolute atomic E-state index is 0.0259. The highest BCUT2D eigenvalue weighted by Gasteiger charge is 2.27. The van der Waals surface area contributed by atoms with Crippen LogP contribution in [0.5, 0.6) is 0 Å². The first-order valence-electron chi connectivity index (χ1n) is 5.55. The summed E-state index contributed by atoms with van der Waals surface area (Å²) in [6, 6.07) is 0. The summed E-state index contributed by atoms with van der Waals surface area (Å²) in [5.74, 6) is 0.392. The highest BCUT2D eigenvalue weighted by atomic mass is 16.6. The monoisotopic (exact) mass is 258 g/mol. The molecule has 0 fully saturated rings. The topological polar surface area (TPSA) is 93.7 Å². The third-order valence-corrected chi connectivity index (χ3v) is 2.58. The number of aryl methyl sites for hydroxylation is 2. The molecule has 0 aliphatic carbocycles. The van der Waals surface area contributed by atoms with Gasteiger partial charge in [0.25, 0.3) is 0 Å². The Morgan fingerprint density at radius 3 is 2.72 bits per heavy atom. The molecule has 1 N–H and O–H groups in total. The van der Waals surface area contributed by atoms with Crippen molar-refractivity contribution in [1.82, 2.24) is 9.78 Å². The van der Waals surface area contributed by atoms with Crippen LogP contribution in [0.4, 0.5) is 11.5 Å². The summed E-state index contributed by atoms with van der Waals surface area (Å²) in [6.07, 6.45) is 0. The number of nitrogens with zero attached hydrogens (tertiary/aromatic N) is 4. The van der Waals surface area contributed by atoms with Gasteiger partial charge in [-0.05, 0) is 6.92 Å². The molecule has 1 aromatic heterocycles. The number of aliphatic hydroxyl groups excluding tert-OH is 1. The van der Waals surface area contributed by atoms with Crippen LogP contribution in [-0.4, -0.2) is 53.2 Å². The summed E-state index contributed by atoms with van der Waals surface area (Å²) < 4.78 is 6.42. The largest absolute Gasteiger partial charge is 0.395 e. The molecule has 1 aromatic rings. The summed E-state index contributed by atoms with van der Waals surface area (Å²) >= 11 is 0. The van der Waals surface area contributed by atoms with Crippen molar-refractivity contribution in [2.45, 2.75) is 6.92 Å². The van der Waals surface area contributed by atoms with E-state index < -0.39 is 4.92 Å². The lowest BCUT2D eigenvalue weighted by atomic mass is 10.3. The first-order valence-corrected chi connectivity index (χ1v) is 5.55. The van der Waals surface area contributed by atoms with Crippen LogP contribution in [0, 0.1) is 17.0 Å². The maximum absolute atomic E-state index is 11.1. The van der Waals surface area contributed by atoms with Crippen LogP contribution in [0.15, 0.2) is 0 Å². The van der Waals surface area contributed by atoms with E-state index in [-0.39, 0.29) is 12.3 Å². The molecule has 0 spiro atoms. The van der Waals surface area contributed by atoms with Crippen molar-refractivity contribution >= 4 is 11.5 Å². The number of aromatic nitrogens is 2. The van der Waals surface area contributed by atoms with Crippen LogP contribution in [0.1, 0.15) is 5.69 Å². The van der Waals surface area contributed by atoms with E-state index in [0.717, 1.165) is 0 Å². The van der Waals surface area contributed by atoms with Gasteiger partial charge in [-0.25, -0.2) is 4.68 Å². The lowest BCUT2D eigenvalue weighted by molar-refractivity contribution is -0.384. The van der Waals surface area contributed by atoms with Gasteiger partial charge in [0.2, 0.25) is 5.82 Å². The zero-order valence-electron chi connectivity index (χ0n) is 10.8. The second-order valence-electron chi connectivity index (χ2n) is 3.84. The Labute approximate surface area is 105 Å². The molecule has 102 valence electrons. The fourth-order valence-electron chi connectivity index (χ4n) is 1.85. The van der Waals surface area contributed by atoms with E-state index in [4.69, 9.17) is 9.84 Å². The van der Waals surface area contributed by atoms with E-state index >= 15 is 0 Å². The van der Waals surface area contributed by atoms with Crippen LogP contribution < -0.4 is 4.90 Å². The molecule has 0 unspecified atom stereocenters. The molecule has 8 nitrogen and oxygen atoms in total. The molecule has 0 saturated carbocycles. The summed E-state index contributed by atoms with van der Waals surface area (Å²) in [4.78, 5) is 12.3. The SMILES string of the molecule is COCCN(CCO)c1c([N+](=O)[O-])c(C)nn1C. The maximum atomic E-state index is 11.1. The van der Waals surface area contributed by atoms with Crippen LogP contribution >= 0.6 is 0 Å². The molecular formula is C10H18N4O4. The van der Waals surface area contributed by atoms with Gasteiger partial charge in [0.15, 0.2) is 0 Å². The second-order valence-corrected chi connectivity index (χ2v) is 3.84. The van der Waals surface area contributed by atoms with Crippen LogP contribution in [0.25, 0.3) is 0 Å². The zero-order chi connectivity index (χ0) is 13.7. The summed E-state index contributed by atoms with van der Waals surface area (Å²) in [5.41, 5.74) is 0.333. The number of nitro groups is 1. The molecule has 8 heteroatoms. The number of hydrogen-bond donors (Lipinski definition) is 1. The molecule has 18 heavy (non-hydrogen) atoms. The Kier molecular flexibility index (Phi) is 5.05. The Bertz CT molecular complexity index is 418. The molecule has 1 rings (SSSR count). The van der Waals surface area contributed by atoms with E-state index in [2.05, 4.69) is 5.10 Å². The minimum atomic E-state index is -0.450. The predicted octanol–water partition coefficient (Wildman–Crippen LogP) is 0.0818. The lowest BCUT2D eigenvalue weighted by Crippen LogP contribution is -2.32. The van der Waals surface area contributed by atoms with E-state index in [0.29, 0.717) is 31.2 Å². The average Bonchev–Trinajstić information content (AvgIpc) is 2.59. The van der Waals surface area contributed by atoms with Gasteiger partial charge in [-0.15, -0.1) is 0 Å². The Morgan fingerprint density at radius 1 is 1.56 bits per heavy atom. The molecule has 0 atom stereocenters. The van der Waals surface area contributed by atoms with Crippen LogP contribution in [0.3, 0.4) is 0 Å². The fraction of sp³-hybridized carbons (Fsp3) is 0.700. The van der Waals surface area contributed by atoms with Gasteiger partial charge < -0.3 is 14.7 Å². The molecule has 0 bridgehead atoms. The molecule has 0 aliphatic rings. The van der Waals surface area contributed by atoms with E-state index in [9.17, 15) is 10.1 Å². The number of hydrogen-bond acceptors (Lipinski definition) is 6. The normalized spacial score (nSPS) is 10.7. The van der Waals surface area contributed by atoms with Gasteiger partial charge >= 0.3 is 5.69 Å². The van der Waals surface area contributed by atoms with Crippen molar-refractivity contribution in [1.29, 1.82) is 0 Å². The molecule has 0 aromatic carbocycles. The molecule has 0 saturated heterocycles. The van der Waals surface area contributed by atoms with Crippen molar-refractivity contribution in [3.8, 4) is 0 Å². The number of rotatable bonds is 7. The summed E-state index contributed by atoms with van der Waals surface area (Å²) in [7, 11) is 3.20. The fourth-order valence-corrected chi connectivity index (χ4v) is 1.85. The van der Waals surface area contributed by atoms with E-state index in [1.807, 2.05) is 0 Å². The van der Waals surface area contributed by atoms with Crippen molar-refractivity contribution in [2.75, 3.05) is 38.3 Å². The average molecular weight is 258 g/mol. The number of aliphatic hydroxyl groups is 1. The van der Waals surface area contributed by atoms with Gasteiger partial charge in [0.1, 0.15) is 5.69 Å². The first-order chi connectivity index (χ1) is 8.52. The molecule has 0 radical (unpaired) electrons. The van der Waals surface area contributed by atoms with Gasteiger partial charge in [0.05, 0.1) is 18.1 Å².